The summed E-state index contributed by atoms with van der Waals surface area (Å²) in [6, 6.07) is 39.3. The SMILES string of the molecule is CC(C)c1cccc(N2c3cc(C(C)C)ccc3B3c4ccc(C(C)C)cc4N(c4cccc(C(C)(C)C)c4)c4cc(C56CC7CC(CC(C7)C5)C6)cc2c43)c1. The lowest BCUT2D eigenvalue weighted by Gasteiger charge is -2.57. The van der Waals surface area contributed by atoms with Crippen molar-refractivity contribution in [1.29, 1.82) is 0 Å². The first-order valence-corrected chi connectivity index (χ1v) is 22.0. The van der Waals surface area contributed by atoms with Crippen LogP contribution in [0.1, 0.15) is 146 Å². The second-order valence-corrected chi connectivity index (χ2v) is 20.7. The first kappa shape index (κ1) is 36.1. The summed E-state index contributed by atoms with van der Waals surface area (Å²) in [5.74, 6) is 3.97. The fourth-order valence-electron chi connectivity index (χ4n) is 12.2. The average Bonchev–Trinajstić information content (AvgIpc) is 3.16. The maximum absolute atomic E-state index is 2.73. The van der Waals surface area contributed by atoms with Crippen molar-refractivity contribution < 1.29 is 0 Å². The number of rotatable bonds is 6. The number of benzene rings is 5. The summed E-state index contributed by atoms with van der Waals surface area (Å²) in [6.45, 7) is 21.2. The zero-order chi connectivity index (χ0) is 38.8. The minimum absolute atomic E-state index is 0.0444. The molecule has 2 heterocycles. The van der Waals surface area contributed by atoms with Crippen molar-refractivity contribution >= 4 is 57.2 Å². The summed E-state index contributed by atoms with van der Waals surface area (Å²) in [5, 5.41) is 0. The first-order valence-electron chi connectivity index (χ1n) is 22.0. The Balaban J connectivity index is 1.32. The van der Waals surface area contributed by atoms with Gasteiger partial charge in [-0.25, -0.2) is 0 Å². The van der Waals surface area contributed by atoms with Gasteiger partial charge in [0, 0.05) is 34.1 Å². The van der Waals surface area contributed by atoms with Gasteiger partial charge in [0.05, 0.1) is 0 Å². The normalized spacial score (nSPS) is 23.3. The van der Waals surface area contributed by atoms with Crippen molar-refractivity contribution in [3.05, 3.63) is 125 Å². The van der Waals surface area contributed by atoms with Crippen LogP contribution in [-0.4, -0.2) is 6.71 Å². The predicted octanol–water partition coefficient (Wildman–Crippen LogP) is 12.9. The number of nitrogens with zero attached hydrogens (tertiary/aromatic N) is 2. The standard InChI is InChI=1S/C53H61BN2/c1-32(2)38-12-10-14-43(23-38)55-47-24-39(33(3)4)16-18-45(47)54-46-19-17-40(34(5)6)25-48(46)56(44-15-11-13-41(26-44)52(7,8)9)50-28-42(27-49(55)51(50)54)53-29-35-20-36(30-53)22-37(21-35)31-53/h10-19,23-28,32-37H,20-22,29-31H2,1-9H3. The van der Waals surface area contributed by atoms with Gasteiger partial charge in [-0.3, -0.25) is 0 Å². The fraction of sp³-hybridized carbons (Fsp3) is 0.434. The molecule has 6 aliphatic rings. The van der Waals surface area contributed by atoms with Crippen LogP contribution in [0.5, 0.6) is 0 Å². The molecule has 3 heteroatoms. The van der Waals surface area contributed by atoms with Gasteiger partial charge in [0.1, 0.15) is 0 Å². The Morgan fingerprint density at radius 2 is 1.00 bits per heavy atom. The summed E-state index contributed by atoms with van der Waals surface area (Å²) >= 11 is 0. The Kier molecular flexibility index (Phi) is 8.32. The lowest BCUT2D eigenvalue weighted by molar-refractivity contribution is -0.00514. The van der Waals surface area contributed by atoms with Crippen molar-refractivity contribution in [2.24, 2.45) is 17.8 Å². The van der Waals surface area contributed by atoms with Gasteiger partial charge in [-0.05, 0) is 178 Å². The molecule has 0 amide bonds. The molecule has 56 heavy (non-hydrogen) atoms. The Morgan fingerprint density at radius 1 is 0.536 bits per heavy atom. The van der Waals surface area contributed by atoms with Crippen molar-refractivity contribution in [3.63, 3.8) is 0 Å². The zero-order valence-electron chi connectivity index (χ0n) is 35.4. The molecule has 4 fully saturated rings. The van der Waals surface area contributed by atoms with Crippen molar-refractivity contribution in [1.82, 2.24) is 0 Å². The highest BCUT2D eigenvalue weighted by Crippen LogP contribution is 2.62. The molecule has 0 N–H and O–H groups in total. The number of anilines is 6. The molecule has 0 atom stereocenters. The smallest absolute Gasteiger partial charge is 0.252 e. The van der Waals surface area contributed by atoms with Gasteiger partial charge in [-0.1, -0.05) is 111 Å². The molecule has 0 spiro atoms. The highest BCUT2D eigenvalue weighted by atomic mass is 15.2. The van der Waals surface area contributed by atoms with E-state index in [1.807, 2.05) is 0 Å². The average molecular weight is 737 g/mol. The number of hydrogen-bond acceptors (Lipinski definition) is 2. The summed E-state index contributed by atoms with van der Waals surface area (Å²) < 4.78 is 0. The van der Waals surface area contributed by atoms with Crippen LogP contribution >= 0.6 is 0 Å². The van der Waals surface area contributed by atoms with Gasteiger partial charge in [-0.2, -0.15) is 0 Å². The Hall–Kier alpha value is -4.24. The van der Waals surface area contributed by atoms with Crippen LogP contribution in [0.25, 0.3) is 0 Å². The quantitative estimate of drug-likeness (QED) is 0.157. The summed E-state index contributed by atoms with van der Waals surface area (Å²) in [6.07, 6.45) is 8.42. The van der Waals surface area contributed by atoms with Gasteiger partial charge in [0.15, 0.2) is 0 Å². The minimum atomic E-state index is 0.0444. The topological polar surface area (TPSA) is 6.48 Å². The Labute approximate surface area is 337 Å². The molecular weight excluding hydrogens is 675 g/mol. The van der Waals surface area contributed by atoms with E-state index in [0.717, 1.165) is 17.8 Å². The molecule has 4 aliphatic carbocycles. The van der Waals surface area contributed by atoms with Crippen LogP contribution in [0, 0.1) is 17.8 Å². The lowest BCUT2D eigenvalue weighted by atomic mass is 9.33. The summed E-state index contributed by atoms with van der Waals surface area (Å²) in [7, 11) is 0. The molecule has 5 aromatic carbocycles. The largest absolute Gasteiger partial charge is 0.311 e. The molecule has 5 aromatic rings. The summed E-state index contributed by atoms with van der Waals surface area (Å²) in [5.41, 5.74) is 19.8. The third kappa shape index (κ3) is 5.65. The Morgan fingerprint density at radius 3 is 1.48 bits per heavy atom. The van der Waals surface area contributed by atoms with Gasteiger partial charge >= 0.3 is 0 Å². The third-order valence-corrected chi connectivity index (χ3v) is 14.9. The zero-order valence-corrected chi connectivity index (χ0v) is 35.4. The first-order chi connectivity index (χ1) is 26.8. The van der Waals surface area contributed by atoms with Gasteiger partial charge in [0.2, 0.25) is 0 Å². The fourth-order valence-corrected chi connectivity index (χ4v) is 12.2. The second-order valence-electron chi connectivity index (χ2n) is 20.7. The van der Waals surface area contributed by atoms with Gasteiger partial charge < -0.3 is 9.80 Å². The maximum atomic E-state index is 2.73. The maximum Gasteiger partial charge on any atom is 0.252 e. The van der Waals surface area contributed by atoms with Crippen LogP contribution in [0.15, 0.2) is 97.1 Å². The molecule has 11 rings (SSSR count). The lowest BCUT2D eigenvalue weighted by Crippen LogP contribution is -2.61. The second kappa shape index (κ2) is 12.9. The molecule has 4 saturated carbocycles. The van der Waals surface area contributed by atoms with E-state index < -0.39 is 0 Å². The minimum Gasteiger partial charge on any atom is -0.311 e. The number of fused-ring (bicyclic) bond motifs is 4. The van der Waals surface area contributed by atoms with E-state index in [1.165, 1.54) is 111 Å². The van der Waals surface area contributed by atoms with Crippen LogP contribution in [0.3, 0.4) is 0 Å². The molecule has 4 bridgehead atoms. The number of hydrogen-bond donors (Lipinski definition) is 0. The molecular formula is C53H61BN2. The van der Waals surface area contributed by atoms with Crippen LogP contribution in [0.2, 0.25) is 0 Å². The molecule has 286 valence electrons. The monoisotopic (exact) mass is 736 g/mol. The van der Waals surface area contributed by atoms with E-state index in [2.05, 4.69) is 169 Å². The van der Waals surface area contributed by atoms with Gasteiger partial charge in [0.25, 0.3) is 6.71 Å². The molecule has 0 saturated heterocycles. The molecule has 0 radical (unpaired) electrons. The third-order valence-electron chi connectivity index (χ3n) is 14.9. The van der Waals surface area contributed by atoms with Gasteiger partial charge in [-0.15, -0.1) is 0 Å². The summed E-state index contributed by atoms with van der Waals surface area (Å²) in [4.78, 5) is 5.40. The van der Waals surface area contributed by atoms with Crippen molar-refractivity contribution in [2.45, 2.75) is 129 Å². The van der Waals surface area contributed by atoms with Crippen molar-refractivity contribution in [2.75, 3.05) is 9.80 Å². The van der Waals surface area contributed by atoms with Crippen LogP contribution in [-0.2, 0) is 10.8 Å². The highest BCUT2D eigenvalue weighted by Gasteiger charge is 2.53. The molecule has 2 aliphatic heterocycles. The van der Waals surface area contributed by atoms with E-state index in [0.29, 0.717) is 17.8 Å². The Bertz CT molecular complexity index is 2320. The van der Waals surface area contributed by atoms with E-state index in [9.17, 15) is 0 Å². The van der Waals surface area contributed by atoms with E-state index in [4.69, 9.17) is 0 Å². The van der Waals surface area contributed by atoms with Crippen LogP contribution < -0.4 is 26.2 Å². The van der Waals surface area contributed by atoms with Crippen LogP contribution in [0.4, 0.5) is 34.1 Å². The van der Waals surface area contributed by atoms with E-state index >= 15 is 0 Å². The van der Waals surface area contributed by atoms with E-state index in [-0.39, 0.29) is 17.5 Å². The highest BCUT2D eigenvalue weighted by molar-refractivity contribution is 7.00. The molecule has 2 nitrogen and oxygen atoms in total. The van der Waals surface area contributed by atoms with E-state index in [1.54, 1.807) is 5.56 Å². The predicted molar refractivity (Wildman–Crippen MR) is 241 cm³/mol. The van der Waals surface area contributed by atoms with Crippen molar-refractivity contribution in [3.8, 4) is 0 Å². The molecule has 0 unspecified atom stereocenters. The molecule has 0 aromatic heterocycles.